The highest BCUT2D eigenvalue weighted by atomic mass is 79.9. The Bertz CT molecular complexity index is 446. The van der Waals surface area contributed by atoms with Gasteiger partial charge in [-0.05, 0) is 47.8 Å². The first-order chi connectivity index (χ1) is 9.63. The summed E-state index contributed by atoms with van der Waals surface area (Å²) in [6.45, 7) is 0. The smallest absolute Gasteiger partial charge is 0.147 e. The average Bonchev–Trinajstić information content (AvgIpc) is 2.48. The molecule has 0 aliphatic heterocycles. The van der Waals surface area contributed by atoms with Gasteiger partial charge in [0.05, 0.1) is 5.02 Å². The van der Waals surface area contributed by atoms with Crippen molar-refractivity contribution in [3.8, 4) is 0 Å². The number of halogens is 3. The molecule has 1 N–H and O–H groups in total. The molecule has 1 aliphatic carbocycles. The van der Waals surface area contributed by atoms with Crippen molar-refractivity contribution < 1.29 is 4.39 Å². The molecule has 0 spiro atoms. The number of hydrogen-bond acceptors (Lipinski definition) is 1. The van der Waals surface area contributed by atoms with E-state index in [1.807, 2.05) is 19.2 Å². The van der Waals surface area contributed by atoms with Gasteiger partial charge in [-0.25, -0.2) is 4.39 Å². The zero-order chi connectivity index (χ0) is 14.5. The van der Waals surface area contributed by atoms with Crippen LogP contribution in [0, 0.1) is 11.7 Å². The van der Waals surface area contributed by atoms with Crippen LogP contribution in [0.2, 0.25) is 5.02 Å². The molecule has 0 saturated heterocycles. The fraction of sp³-hybridized carbons (Fsp3) is 0.625. The van der Waals surface area contributed by atoms with Gasteiger partial charge in [0.1, 0.15) is 5.82 Å². The predicted octanol–water partition coefficient (Wildman–Crippen LogP) is 5.86. The van der Waals surface area contributed by atoms with Crippen molar-refractivity contribution in [2.24, 2.45) is 5.92 Å². The van der Waals surface area contributed by atoms with Gasteiger partial charge in [-0.15, -0.1) is 0 Å². The van der Waals surface area contributed by atoms with E-state index in [1.165, 1.54) is 38.5 Å². The largest absolute Gasteiger partial charge is 0.313 e. The zero-order valence-electron chi connectivity index (χ0n) is 11.9. The molecule has 0 bridgehead atoms. The Labute approximate surface area is 134 Å². The minimum Gasteiger partial charge on any atom is -0.313 e. The Kier molecular flexibility index (Phi) is 6.31. The molecule has 1 aromatic rings. The van der Waals surface area contributed by atoms with E-state index in [0.29, 0.717) is 10.0 Å². The molecule has 1 unspecified atom stereocenters. The summed E-state index contributed by atoms with van der Waals surface area (Å²) >= 11 is 9.24. The summed E-state index contributed by atoms with van der Waals surface area (Å²) in [4.78, 5) is 0. The molecule has 0 heterocycles. The summed E-state index contributed by atoms with van der Waals surface area (Å²) in [6, 6.07) is 3.70. The molecular weight excluding hydrogens is 341 g/mol. The molecule has 20 heavy (non-hydrogen) atoms. The topological polar surface area (TPSA) is 12.0 Å². The van der Waals surface area contributed by atoms with Crippen LogP contribution in [0.5, 0.6) is 0 Å². The van der Waals surface area contributed by atoms with Crippen molar-refractivity contribution >= 4 is 27.5 Å². The van der Waals surface area contributed by atoms with Crippen LogP contribution < -0.4 is 5.32 Å². The Hall–Kier alpha value is -0.120. The van der Waals surface area contributed by atoms with Crippen LogP contribution in [0.4, 0.5) is 4.39 Å². The van der Waals surface area contributed by atoms with E-state index in [-0.39, 0.29) is 16.9 Å². The highest BCUT2D eigenvalue weighted by molar-refractivity contribution is 9.10. The van der Waals surface area contributed by atoms with Gasteiger partial charge >= 0.3 is 0 Å². The van der Waals surface area contributed by atoms with Crippen molar-refractivity contribution in [2.75, 3.05) is 7.05 Å². The summed E-state index contributed by atoms with van der Waals surface area (Å²) < 4.78 is 14.9. The maximum Gasteiger partial charge on any atom is 0.147 e. The second-order valence-electron chi connectivity index (χ2n) is 5.69. The molecule has 0 amide bonds. The lowest BCUT2D eigenvalue weighted by molar-refractivity contribution is 0.316. The van der Waals surface area contributed by atoms with Gasteiger partial charge in [-0.1, -0.05) is 49.8 Å². The summed E-state index contributed by atoms with van der Waals surface area (Å²) in [5.41, 5.74) is 0.677. The second-order valence-corrected chi connectivity index (χ2v) is 6.92. The van der Waals surface area contributed by atoms with Gasteiger partial charge in [-0.3, -0.25) is 0 Å². The summed E-state index contributed by atoms with van der Waals surface area (Å²) in [6.07, 6.45) is 8.89. The molecule has 0 radical (unpaired) electrons. The minimum atomic E-state index is -0.302. The van der Waals surface area contributed by atoms with Crippen LogP contribution in [0.25, 0.3) is 0 Å². The maximum atomic E-state index is 14.3. The van der Waals surface area contributed by atoms with Crippen molar-refractivity contribution in [3.63, 3.8) is 0 Å². The lowest BCUT2D eigenvalue weighted by atomic mass is 9.84. The Morgan fingerprint density at radius 3 is 2.70 bits per heavy atom. The Balaban J connectivity index is 2.02. The molecule has 1 saturated carbocycles. The highest BCUT2D eigenvalue weighted by Crippen LogP contribution is 2.34. The van der Waals surface area contributed by atoms with Crippen LogP contribution >= 0.6 is 27.5 Å². The van der Waals surface area contributed by atoms with E-state index in [9.17, 15) is 4.39 Å². The number of hydrogen-bond donors (Lipinski definition) is 1. The third-order valence-electron chi connectivity index (χ3n) is 4.38. The van der Waals surface area contributed by atoms with E-state index in [1.54, 1.807) is 0 Å². The zero-order valence-corrected chi connectivity index (χ0v) is 14.2. The third kappa shape index (κ3) is 3.96. The average molecular weight is 363 g/mol. The maximum absolute atomic E-state index is 14.3. The molecule has 1 fully saturated rings. The van der Waals surface area contributed by atoms with Crippen molar-refractivity contribution in [3.05, 3.63) is 33.0 Å². The first-order valence-electron chi connectivity index (χ1n) is 7.44. The molecule has 0 aromatic heterocycles. The van der Waals surface area contributed by atoms with Gasteiger partial charge in [0.15, 0.2) is 0 Å². The van der Waals surface area contributed by atoms with Crippen molar-refractivity contribution in [1.82, 2.24) is 5.32 Å². The van der Waals surface area contributed by atoms with Gasteiger partial charge in [0, 0.05) is 16.1 Å². The van der Waals surface area contributed by atoms with Gasteiger partial charge in [0.25, 0.3) is 0 Å². The Morgan fingerprint density at radius 1 is 1.35 bits per heavy atom. The van der Waals surface area contributed by atoms with Crippen molar-refractivity contribution in [1.29, 1.82) is 0 Å². The number of benzene rings is 1. The first-order valence-corrected chi connectivity index (χ1v) is 8.61. The molecule has 112 valence electrons. The van der Waals surface area contributed by atoms with Gasteiger partial charge in [-0.2, -0.15) is 0 Å². The third-order valence-corrected chi connectivity index (χ3v) is 5.64. The van der Waals surface area contributed by atoms with Crippen LogP contribution in [0.1, 0.15) is 56.6 Å². The molecule has 1 atom stereocenters. The van der Waals surface area contributed by atoms with Crippen LogP contribution in [0.15, 0.2) is 16.6 Å². The quantitative estimate of drug-likeness (QED) is 0.647. The second kappa shape index (κ2) is 7.77. The standard InChI is InChI=1S/C16H22BrClFN/c1-20-14(10-7-11-5-3-2-4-6-11)12-8-9-13(17)15(18)16(12)19/h8-9,11,14,20H,2-7,10H2,1H3. The molecule has 1 aliphatic rings. The van der Waals surface area contributed by atoms with E-state index in [2.05, 4.69) is 21.2 Å². The first kappa shape index (κ1) is 16.3. The van der Waals surface area contributed by atoms with Crippen molar-refractivity contribution in [2.45, 2.75) is 51.0 Å². The monoisotopic (exact) mass is 361 g/mol. The highest BCUT2D eigenvalue weighted by Gasteiger charge is 2.20. The lowest BCUT2D eigenvalue weighted by Crippen LogP contribution is -2.19. The fourth-order valence-electron chi connectivity index (χ4n) is 3.14. The normalized spacial score (nSPS) is 18.2. The van der Waals surface area contributed by atoms with Crippen LogP contribution in [-0.2, 0) is 0 Å². The lowest BCUT2D eigenvalue weighted by Gasteiger charge is -2.24. The fourth-order valence-corrected chi connectivity index (χ4v) is 3.62. The minimum absolute atomic E-state index is 0.0440. The number of rotatable bonds is 5. The molecule has 2 rings (SSSR count). The SMILES string of the molecule is CNC(CCC1CCCCC1)c1ccc(Br)c(Cl)c1F. The predicted molar refractivity (Wildman–Crippen MR) is 86.7 cm³/mol. The molecular formula is C16H22BrClFN. The van der Waals surface area contributed by atoms with E-state index < -0.39 is 0 Å². The summed E-state index contributed by atoms with van der Waals surface area (Å²) in [7, 11) is 1.89. The molecule has 1 aromatic carbocycles. The van der Waals surface area contributed by atoms with Gasteiger partial charge in [0.2, 0.25) is 0 Å². The number of nitrogens with one attached hydrogen (secondary N) is 1. The van der Waals surface area contributed by atoms with Crippen LogP contribution in [0.3, 0.4) is 0 Å². The van der Waals surface area contributed by atoms with E-state index >= 15 is 0 Å². The van der Waals surface area contributed by atoms with E-state index in [4.69, 9.17) is 11.6 Å². The van der Waals surface area contributed by atoms with Gasteiger partial charge < -0.3 is 5.32 Å². The summed E-state index contributed by atoms with van der Waals surface area (Å²) in [5, 5.41) is 3.41. The Morgan fingerprint density at radius 2 is 2.05 bits per heavy atom. The summed E-state index contributed by atoms with van der Waals surface area (Å²) in [5.74, 6) is 0.512. The van der Waals surface area contributed by atoms with E-state index in [0.717, 1.165) is 12.3 Å². The molecule has 4 heteroatoms. The molecule has 1 nitrogen and oxygen atoms in total. The van der Waals surface area contributed by atoms with Crippen LogP contribution in [-0.4, -0.2) is 7.05 Å².